The highest BCUT2D eigenvalue weighted by Gasteiger charge is 2.18. The maximum absolute atomic E-state index is 12.2. The van der Waals surface area contributed by atoms with E-state index in [9.17, 15) is 14.4 Å². The molecule has 0 radical (unpaired) electrons. The SMILES string of the molecule is CCC(NC(=O)c1cccc(SCC(=O)c2ccccc2)c1)C(=O)O. The summed E-state index contributed by atoms with van der Waals surface area (Å²) < 4.78 is 0. The number of rotatable bonds is 8. The number of carbonyl (C=O) groups is 3. The smallest absolute Gasteiger partial charge is 0.326 e. The largest absolute Gasteiger partial charge is 0.480 e. The van der Waals surface area contributed by atoms with Gasteiger partial charge in [0.2, 0.25) is 0 Å². The number of nitrogens with one attached hydrogen (secondary N) is 1. The molecule has 0 fully saturated rings. The van der Waals surface area contributed by atoms with E-state index in [0.717, 1.165) is 4.90 Å². The average molecular weight is 357 g/mol. The van der Waals surface area contributed by atoms with Crippen molar-refractivity contribution < 1.29 is 19.5 Å². The summed E-state index contributed by atoms with van der Waals surface area (Å²) >= 11 is 1.34. The van der Waals surface area contributed by atoms with Crippen molar-refractivity contribution >= 4 is 29.4 Å². The van der Waals surface area contributed by atoms with Crippen molar-refractivity contribution in [3.8, 4) is 0 Å². The van der Waals surface area contributed by atoms with Gasteiger partial charge in [0.25, 0.3) is 5.91 Å². The van der Waals surface area contributed by atoms with Gasteiger partial charge in [-0.25, -0.2) is 4.79 Å². The molecule has 6 heteroatoms. The summed E-state index contributed by atoms with van der Waals surface area (Å²) in [5.74, 6) is -1.22. The van der Waals surface area contributed by atoms with Gasteiger partial charge in [-0.15, -0.1) is 11.8 Å². The maximum atomic E-state index is 12.2. The molecule has 0 aliphatic heterocycles. The molecule has 1 atom stereocenters. The van der Waals surface area contributed by atoms with Crippen LogP contribution in [0.25, 0.3) is 0 Å². The molecule has 0 saturated heterocycles. The van der Waals surface area contributed by atoms with Crippen LogP contribution >= 0.6 is 11.8 Å². The second-order valence-corrected chi connectivity index (χ2v) is 6.43. The summed E-state index contributed by atoms with van der Waals surface area (Å²) in [7, 11) is 0. The first-order valence-electron chi connectivity index (χ1n) is 7.86. The Balaban J connectivity index is 2.00. The Bertz CT molecular complexity index is 761. The maximum Gasteiger partial charge on any atom is 0.326 e. The van der Waals surface area contributed by atoms with E-state index in [-0.39, 0.29) is 11.5 Å². The topological polar surface area (TPSA) is 83.5 Å². The van der Waals surface area contributed by atoms with E-state index in [1.54, 1.807) is 37.3 Å². The van der Waals surface area contributed by atoms with Crippen molar-refractivity contribution in [2.24, 2.45) is 0 Å². The highest BCUT2D eigenvalue weighted by molar-refractivity contribution is 8.00. The summed E-state index contributed by atoms with van der Waals surface area (Å²) in [6.07, 6.45) is 0.307. The van der Waals surface area contributed by atoms with Crippen LogP contribution < -0.4 is 5.32 Å². The van der Waals surface area contributed by atoms with Gasteiger partial charge in [-0.05, 0) is 24.6 Å². The van der Waals surface area contributed by atoms with Crippen molar-refractivity contribution in [2.45, 2.75) is 24.3 Å². The van der Waals surface area contributed by atoms with Gasteiger partial charge >= 0.3 is 5.97 Å². The van der Waals surface area contributed by atoms with Gasteiger partial charge in [0, 0.05) is 16.0 Å². The van der Waals surface area contributed by atoms with Crippen molar-refractivity contribution in [2.75, 3.05) is 5.75 Å². The monoisotopic (exact) mass is 357 g/mol. The number of aliphatic carboxylic acids is 1. The summed E-state index contributed by atoms with van der Waals surface area (Å²) in [5.41, 5.74) is 1.02. The Hall–Kier alpha value is -2.60. The van der Waals surface area contributed by atoms with Gasteiger partial charge in [-0.2, -0.15) is 0 Å². The molecule has 0 spiro atoms. The number of hydrogen-bond acceptors (Lipinski definition) is 4. The first-order chi connectivity index (χ1) is 12.0. The minimum atomic E-state index is -1.06. The fourth-order valence-electron chi connectivity index (χ4n) is 2.16. The molecule has 0 heterocycles. The van der Waals surface area contributed by atoms with Crippen LogP contribution in [-0.2, 0) is 4.79 Å². The van der Waals surface area contributed by atoms with Gasteiger partial charge in [-0.1, -0.05) is 43.3 Å². The standard InChI is InChI=1S/C19H19NO4S/c1-2-16(19(23)24)20-18(22)14-9-6-10-15(11-14)25-12-17(21)13-7-4-3-5-8-13/h3-11,16H,2,12H2,1H3,(H,20,22)(H,23,24). The Kier molecular flexibility index (Phi) is 6.77. The molecule has 0 saturated carbocycles. The van der Waals surface area contributed by atoms with Gasteiger partial charge in [0.05, 0.1) is 5.75 Å². The number of amides is 1. The van der Waals surface area contributed by atoms with E-state index in [1.807, 2.05) is 24.3 Å². The number of carboxylic acid groups (broad SMARTS) is 1. The molecular weight excluding hydrogens is 338 g/mol. The lowest BCUT2D eigenvalue weighted by Crippen LogP contribution is -2.40. The van der Waals surface area contributed by atoms with E-state index >= 15 is 0 Å². The summed E-state index contributed by atoms with van der Waals surface area (Å²) in [6, 6.07) is 14.9. The third-order valence-corrected chi connectivity index (χ3v) is 4.57. The lowest BCUT2D eigenvalue weighted by molar-refractivity contribution is -0.139. The number of thioether (sulfide) groups is 1. The lowest BCUT2D eigenvalue weighted by atomic mass is 10.1. The first kappa shape index (κ1) is 18.7. The molecule has 130 valence electrons. The first-order valence-corrected chi connectivity index (χ1v) is 8.84. The Morgan fingerprint density at radius 3 is 2.36 bits per heavy atom. The fourth-order valence-corrected chi connectivity index (χ4v) is 3.01. The van der Waals surface area contributed by atoms with Crippen molar-refractivity contribution in [3.63, 3.8) is 0 Å². The van der Waals surface area contributed by atoms with E-state index < -0.39 is 17.9 Å². The number of ketones is 1. The van der Waals surface area contributed by atoms with Crippen LogP contribution in [0.2, 0.25) is 0 Å². The van der Waals surface area contributed by atoms with E-state index in [4.69, 9.17) is 5.11 Å². The van der Waals surface area contributed by atoms with Gasteiger partial charge in [0.1, 0.15) is 6.04 Å². The Morgan fingerprint density at radius 2 is 1.72 bits per heavy atom. The molecule has 0 bridgehead atoms. The van der Waals surface area contributed by atoms with Gasteiger partial charge < -0.3 is 10.4 Å². The van der Waals surface area contributed by atoms with Crippen LogP contribution in [0.1, 0.15) is 34.1 Å². The molecule has 0 aliphatic rings. The Morgan fingerprint density at radius 1 is 1.04 bits per heavy atom. The quantitative estimate of drug-likeness (QED) is 0.560. The molecule has 1 amide bonds. The summed E-state index contributed by atoms with van der Waals surface area (Å²) in [5, 5.41) is 11.5. The van der Waals surface area contributed by atoms with Gasteiger partial charge in [0.15, 0.2) is 5.78 Å². The minimum absolute atomic E-state index is 0.0115. The van der Waals surface area contributed by atoms with Crippen LogP contribution in [0.4, 0.5) is 0 Å². The van der Waals surface area contributed by atoms with Crippen LogP contribution in [0.15, 0.2) is 59.5 Å². The van der Waals surface area contributed by atoms with E-state index in [2.05, 4.69) is 5.32 Å². The van der Waals surface area contributed by atoms with Crippen molar-refractivity contribution in [1.82, 2.24) is 5.32 Å². The molecule has 0 aromatic heterocycles. The zero-order valence-electron chi connectivity index (χ0n) is 13.8. The number of hydrogen-bond donors (Lipinski definition) is 2. The molecule has 2 N–H and O–H groups in total. The predicted molar refractivity (Wildman–Crippen MR) is 97.1 cm³/mol. The normalized spacial score (nSPS) is 11.6. The summed E-state index contributed by atoms with van der Waals surface area (Å²) in [6.45, 7) is 1.69. The molecular formula is C19H19NO4S. The second-order valence-electron chi connectivity index (χ2n) is 5.38. The zero-order chi connectivity index (χ0) is 18.2. The third-order valence-electron chi connectivity index (χ3n) is 3.57. The van der Waals surface area contributed by atoms with Crippen LogP contribution in [-0.4, -0.2) is 34.6 Å². The molecule has 5 nitrogen and oxygen atoms in total. The number of carboxylic acids is 1. The molecule has 0 aliphatic carbocycles. The fraction of sp³-hybridized carbons (Fsp3) is 0.211. The van der Waals surface area contributed by atoms with E-state index in [1.165, 1.54) is 11.8 Å². The summed E-state index contributed by atoms with van der Waals surface area (Å²) in [4.78, 5) is 36.1. The molecule has 2 aromatic carbocycles. The zero-order valence-corrected chi connectivity index (χ0v) is 14.6. The lowest BCUT2D eigenvalue weighted by Gasteiger charge is -2.12. The molecule has 1 unspecified atom stereocenters. The number of carbonyl (C=O) groups excluding carboxylic acids is 2. The van der Waals surface area contributed by atoms with Crippen molar-refractivity contribution in [1.29, 1.82) is 0 Å². The predicted octanol–water partition coefficient (Wildman–Crippen LogP) is 3.25. The number of benzene rings is 2. The molecule has 2 aromatic rings. The highest BCUT2D eigenvalue weighted by Crippen LogP contribution is 2.20. The van der Waals surface area contributed by atoms with Crippen molar-refractivity contribution in [3.05, 3.63) is 65.7 Å². The average Bonchev–Trinajstić information content (AvgIpc) is 2.64. The minimum Gasteiger partial charge on any atom is -0.480 e. The van der Waals surface area contributed by atoms with Crippen LogP contribution in [0.5, 0.6) is 0 Å². The van der Waals surface area contributed by atoms with Crippen LogP contribution in [0.3, 0.4) is 0 Å². The number of Topliss-reactive ketones (excluding diaryl/α,β-unsaturated/α-hetero) is 1. The van der Waals surface area contributed by atoms with E-state index in [0.29, 0.717) is 17.5 Å². The Labute approximate surface area is 150 Å². The highest BCUT2D eigenvalue weighted by atomic mass is 32.2. The van der Waals surface area contributed by atoms with Gasteiger partial charge in [-0.3, -0.25) is 9.59 Å². The third kappa shape index (κ3) is 5.46. The molecule has 25 heavy (non-hydrogen) atoms. The van der Waals surface area contributed by atoms with Crippen LogP contribution in [0, 0.1) is 0 Å². The molecule has 2 rings (SSSR count). The second kappa shape index (κ2) is 9.03.